The van der Waals surface area contributed by atoms with Crippen molar-refractivity contribution in [2.24, 2.45) is 0 Å². The molecule has 0 saturated carbocycles. The summed E-state index contributed by atoms with van der Waals surface area (Å²) >= 11 is 6.29. The largest absolute Gasteiger partial charge is 0.462 e. The summed E-state index contributed by atoms with van der Waals surface area (Å²) in [5.41, 5.74) is -2.05. The van der Waals surface area contributed by atoms with Crippen molar-refractivity contribution >= 4 is 45.8 Å². The molecule has 1 amide bonds. The topological polar surface area (TPSA) is 99.5 Å². The molecule has 0 aliphatic heterocycles. The molecule has 0 unspecified atom stereocenters. The number of nitrogens with one attached hydrogen (secondary N) is 1. The van der Waals surface area contributed by atoms with Crippen molar-refractivity contribution in [2.45, 2.75) is 40.2 Å². The molecule has 2 heterocycles. The number of esters is 2. The van der Waals surface area contributed by atoms with Crippen LogP contribution in [0.1, 0.15) is 63.7 Å². The van der Waals surface area contributed by atoms with E-state index in [1.165, 1.54) is 6.92 Å². The van der Waals surface area contributed by atoms with Crippen LogP contribution in [0.3, 0.4) is 0 Å². The van der Waals surface area contributed by atoms with Crippen LogP contribution in [0.15, 0.2) is 0 Å². The highest BCUT2D eigenvalue weighted by Gasteiger charge is 2.30. The van der Waals surface area contributed by atoms with Crippen LogP contribution in [0.2, 0.25) is 5.02 Å². The lowest BCUT2D eigenvalue weighted by Gasteiger charge is -2.09. The highest BCUT2D eigenvalue weighted by atomic mass is 35.5. The summed E-state index contributed by atoms with van der Waals surface area (Å²) in [5.74, 6) is -2.54. The Morgan fingerprint density at radius 3 is 2.22 bits per heavy atom. The molecule has 0 atom stereocenters. The van der Waals surface area contributed by atoms with Gasteiger partial charge in [-0.05, 0) is 26.3 Å². The first-order valence-corrected chi connectivity index (χ1v) is 10.3. The Labute approximate surface area is 188 Å². The lowest BCUT2D eigenvalue weighted by atomic mass is 10.1. The molecule has 0 aliphatic carbocycles. The van der Waals surface area contributed by atoms with E-state index >= 15 is 0 Å². The van der Waals surface area contributed by atoms with Gasteiger partial charge in [0.15, 0.2) is 0 Å². The van der Waals surface area contributed by atoms with E-state index in [-0.39, 0.29) is 34.2 Å². The number of amides is 1. The third-order valence-corrected chi connectivity index (χ3v) is 5.58. The molecule has 2 aromatic rings. The zero-order valence-electron chi connectivity index (χ0n) is 17.0. The molecule has 14 heteroatoms. The van der Waals surface area contributed by atoms with Crippen LogP contribution in [0, 0.1) is 6.92 Å². The lowest BCUT2D eigenvalue weighted by Crippen LogP contribution is -2.22. The molecule has 0 radical (unpaired) electrons. The lowest BCUT2D eigenvalue weighted by molar-refractivity contribution is -0.117. The van der Waals surface area contributed by atoms with Crippen LogP contribution < -0.4 is 5.32 Å². The van der Waals surface area contributed by atoms with Gasteiger partial charge in [-0.25, -0.2) is 27.2 Å². The fourth-order valence-corrected chi connectivity index (χ4v) is 4.09. The van der Waals surface area contributed by atoms with Crippen LogP contribution in [-0.4, -0.2) is 40.8 Å². The highest BCUT2D eigenvalue weighted by molar-refractivity contribution is 7.18. The first-order chi connectivity index (χ1) is 15.0. The molecular weight excluding hydrogens is 482 g/mol. The van der Waals surface area contributed by atoms with E-state index in [1.807, 2.05) is 0 Å². The first-order valence-electron chi connectivity index (χ1n) is 9.13. The van der Waals surface area contributed by atoms with Gasteiger partial charge in [0.2, 0.25) is 5.91 Å². The summed E-state index contributed by atoms with van der Waals surface area (Å²) in [6.45, 7) is 3.75. The third kappa shape index (κ3) is 5.38. The number of thiophene rings is 1. The normalized spacial score (nSPS) is 11.2. The number of hydrogen-bond donors (Lipinski definition) is 1. The Kier molecular flexibility index (Phi) is 8.61. The van der Waals surface area contributed by atoms with E-state index in [4.69, 9.17) is 21.1 Å². The summed E-state index contributed by atoms with van der Waals surface area (Å²) in [6.07, 6.45) is -6.50. The second-order valence-electron chi connectivity index (χ2n) is 6.09. The standard InChI is InChI=1S/C18H18ClF4N3O5S/c1-4-30-17(28)9-7(3)13(18(29)31-5-2)32-16(9)24-8(27)6-26-12(15(22)23)10(19)11(25-26)14(20)21/h14-15H,4-6H2,1-3H3,(H,24,27). The van der Waals surface area contributed by atoms with Crippen LogP contribution in [0.5, 0.6) is 0 Å². The van der Waals surface area contributed by atoms with Crippen LogP contribution in [-0.2, 0) is 20.8 Å². The average molecular weight is 500 g/mol. The van der Waals surface area contributed by atoms with Crippen LogP contribution in [0.4, 0.5) is 22.6 Å². The number of rotatable bonds is 9. The smallest absolute Gasteiger partial charge is 0.348 e. The molecule has 2 rings (SSSR count). The van der Waals surface area contributed by atoms with Gasteiger partial charge in [0.05, 0.1) is 23.8 Å². The summed E-state index contributed by atoms with van der Waals surface area (Å²) in [7, 11) is 0. The Morgan fingerprint density at radius 1 is 1.09 bits per heavy atom. The Bertz CT molecular complexity index is 1020. The molecular formula is C18H18ClF4N3O5S. The summed E-state index contributed by atoms with van der Waals surface area (Å²) in [4.78, 5) is 37.0. The van der Waals surface area contributed by atoms with E-state index in [2.05, 4.69) is 10.4 Å². The van der Waals surface area contributed by atoms with Gasteiger partial charge in [-0.15, -0.1) is 11.3 Å². The quantitative estimate of drug-likeness (QED) is 0.394. The van der Waals surface area contributed by atoms with E-state index < -0.39 is 53.7 Å². The minimum atomic E-state index is -3.27. The Hall–Kier alpha value is -2.67. The SMILES string of the molecule is CCOC(=O)c1sc(NC(=O)Cn2nc(C(F)F)c(Cl)c2C(F)F)c(C(=O)OCC)c1C. The molecule has 0 spiro atoms. The minimum absolute atomic E-state index is 0.0101. The zero-order valence-corrected chi connectivity index (χ0v) is 18.6. The maximum atomic E-state index is 13.3. The maximum Gasteiger partial charge on any atom is 0.348 e. The predicted molar refractivity (Wildman–Crippen MR) is 107 cm³/mol. The highest BCUT2D eigenvalue weighted by Crippen LogP contribution is 2.36. The Morgan fingerprint density at radius 2 is 1.69 bits per heavy atom. The summed E-state index contributed by atoms with van der Waals surface area (Å²) < 4.78 is 62.7. The zero-order chi connectivity index (χ0) is 24.2. The summed E-state index contributed by atoms with van der Waals surface area (Å²) in [5, 5.41) is 4.59. The van der Waals surface area contributed by atoms with Crippen molar-refractivity contribution in [1.82, 2.24) is 9.78 Å². The maximum absolute atomic E-state index is 13.3. The fraction of sp³-hybridized carbons (Fsp3) is 0.444. The van der Waals surface area contributed by atoms with Gasteiger partial charge in [-0.3, -0.25) is 9.48 Å². The number of aromatic nitrogens is 2. The van der Waals surface area contributed by atoms with Gasteiger partial charge in [0.1, 0.15) is 27.8 Å². The van der Waals surface area contributed by atoms with Crippen molar-refractivity contribution in [3.05, 3.63) is 32.4 Å². The van der Waals surface area contributed by atoms with E-state index in [0.717, 1.165) is 11.3 Å². The number of carbonyl (C=O) groups is 3. The molecule has 0 saturated heterocycles. The van der Waals surface area contributed by atoms with Gasteiger partial charge in [0.25, 0.3) is 12.9 Å². The molecule has 0 aliphatic rings. The van der Waals surface area contributed by atoms with Gasteiger partial charge in [-0.2, -0.15) is 5.10 Å². The number of halogens is 5. The molecule has 1 N–H and O–H groups in total. The number of carbonyl (C=O) groups excluding carboxylic acids is 3. The molecule has 0 aromatic carbocycles. The monoisotopic (exact) mass is 499 g/mol. The van der Waals surface area contributed by atoms with E-state index in [9.17, 15) is 31.9 Å². The van der Waals surface area contributed by atoms with Gasteiger partial charge in [0, 0.05) is 0 Å². The predicted octanol–water partition coefficient (Wildman–Crippen LogP) is 4.77. The second-order valence-corrected chi connectivity index (χ2v) is 7.49. The van der Waals surface area contributed by atoms with Gasteiger partial charge >= 0.3 is 11.9 Å². The number of hydrogen-bond acceptors (Lipinski definition) is 7. The van der Waals surface area contributed by atoms with Crippen molar-refractivity contribution in [3.8, 4) is 0 Å². The second kappa shape index (κ2) is 10.8. The Balaban J connectivity index is 2.39. The molecule has 8 nitrogen and oxygen atoms in total. The van der Waals surface area contributed by atoms with E-state index in [1.54, 1.807) is 13.8 Å². The summed E-state index contributed by atoms with van der Waals surface area (Å²) in [6, 6.07) is 0. The van der Waals surface area contributed by atoms with Crippen molar-refractivity contribution < 1.29 is 41.4 Å². The van der Waals surface area contributed by atoms with Crippen molar-refractivity contribution in [1.29, 1.82) is 0 Å². The number of nitrogens with zero attached hydrogens (tertiary/aromatic N) is 2. The number of alkyl halides is 4. The van der Waals surface area contributed by atoms with E-state index in [0.29, 0.717) is 4.68 Å². The minimum Gasteiger partial charge on any atom is -0.462 e. The first kappa shape index (κ1) is 25.6. The van der Waals surface area contributed by atoms with Gasteiger partial charge < -0.3 is 14.8 Å². The molecule has 176 valence electrons. The average Bonchev–Trinajstić information content (AvgIpc) is 3.18. The third-order valence-electron chi connectivity index (χ3n) is 4.00. The van der Waals surface area contributed by atoms with Crippen molar-refractivity contribution in [2.75, 3.05) is 18.5 Å². The van der Waals surface area contributed by atoms with Crippen LogP contribution in [0.25, 0.3) is 0 Å². The van der Waals surface area contributed by atoms with Crippen molar-refractivity contribution in [3.63, 3.8) is 0 Å². The number of anilines is 1. The van der Waals surface area contributed by atoms with Gasteiger partial charge in [-0.1, -0.05) is 11.6 Å². The molecule has 2 aromatic heterocycles. The van der Waals surface area contributed by atoms with Crippen LogP contribution >= 0.6 is 22.9 Å². The fourth-order valence-electron chi connectivity index (χ4n) is 2.68. The molecule has 0 bridgehead atoms. The molecule has 32 heavy (non-hydrogen) atoms. The number of ether oxygens (including phenoxy) is 2. The molecule has 0 fully saturated rings.